The molecule has 3 heterocycles. The minimum Gasteiger partial charge on any atom is -0.491 e. The molecule has 0 saturated carbocycles. The molecule has 0 N–H and O–H groups in total. The average Bonchev–Trinajstić information content (AvgIpc) is 2.89. The summed E-state index contributed by atoms with van der Waals surface area (Å²) in [7, 11) is 0. The lowest BCUT2D eigenvalue weighted by Gasteiger charge is -2.26. The number of halogens is 1. The van der Waals surface area contributed by atoms with Gasteiger partial charge in [0.1, 0.15) is 12.4 Å². The van der Waals surface area contributed by atoms with Crippen LogP contribution in [0.25, 0.3) is 5.52 Å². The first-order valence-corrected chi connectivity index (χ1v) is 7.18. The maximum atomic E-state index is 5.79. The fourth-order valence-electron chi connectivity index (χ4n) is 2.16. The van der Waals surface area contributed by atoms with Crippen LogP contribution in [-0.2, 0) is 4.74 Å². The van der Waals surface area contributed by atoms with Gasteiger partial charge in [-0.2, -0.15) is 5.10 Å². The normalized spacial score (nSPS) is 16.9. The van der Waals surface area contributed by atoms with Crippen molar-refractivity contribution in [2.75, 3.05) is 39.5 Å². The monoisotopic (exact) mass is 325 g/mol. The van der Waals surface area contributed by atoms with Crippen LogP contribution < -0.4 is 4.74 Å². The van der Waals surface area contributed by atoms with Crippen molar-refractivity contribution < 1.29 is 9.47 Å². The van der Waals surface area contributed by atoms with Crippen LogP contribution in [-0.4, -0.2) is 54.0 Å². The Hall–Kier alpha value is -1.11. The molecule has 102 valence electrons. The molecular formula is C13H16BrN3O2. The molecule has 5 nitrogen and oxygen atoms in total. The molecule has 0 aromatic carbocycles. The first kappa shape index (κ1) is 12.9. The van der Waals surface area contributed by atoms with Gasteiger partial charge in [-0.3, -0.25) is 4.90 Å². The summed E-state index contributed by atoms with van der Waals surface area (Å²) in [5.41, 5.74) is 1.04. The molecule has 6 heteroatoms. The van der Waals surface area contributed by atoms with Crippen LogP contribution in [0.2, 0.25) is 0 Å². The van der Waals surface area contributed by atoms with Gasteiger partial charge in [-0.1, -0.05) is 0 Å². The van der Waals surface area contributed by atoms with E-state index in [0.717, 1.165) is 48.6 Å². The summed E-state index contributed by atoms with van der Waals surface area (Å²) in [5.74, 6) is 0.830. The van der Waals surface area contributed by atoms with Gasteiger partial charge in [0.15, 0.2) is 0 Å². The third-order valence-electron chi connectivity index (χ3n) is 3.21. The molecule has 2 aromatic heterocycles. The van der Waals surface area contributed by atoms with Crippen LogP contribution in [0, 0.1) is 0 Å². The summed E-state index contributed by atoms with van der Waals surface area (Å²) in [6.45, 7) is 5.24. The fourth-order valence-corrected chi connectivity index (χ4v) is 2.70. The maximum absolute atomic E-state index is 5.79. The van der Waals surface area contributed by atoms with E-state index in [-0.39, 0.29) is 0 Å². The Bertz CT molecular complexity index is 552. The van der Waals surface area contributed by atoms with Crippen molar-refractivity contribution in [1.29, 1.82) is 0 Å². The molecule has 0 spiro atoms. The lowest BCUT2D eigenvalue weighted by Crippen LogP contribution is -2.38. The molecule has 2 aromatic rings. The van der Waals surface area contributed by atoms with Crippen LogP contribution in [0.5, 0.6) is 5.75 Å². The lowest BCUT2D eigenvalue weighted by molar-refractivity contribution is 0.0322. The van der Waals surface area contributed by atoms with E-state index >= 15 is 0 Å². The molecule has 19 heavy (non-hydrogen) atoms. The standard InChI is InChI=1S/C13H16BrN3O2/c14-12-9-11(10-17-13(12)1-2-15-17)19-8-5-16-3-6-18-7-4-16/h1-2,9-10H,3-8H2. The predicted molar refractivity (Wildman–Crippen MR) is 75.6 cm³/mol. The first-order chi connectivity index (χ1) is 9.33. The summed E-state index contributed by atoms with van der Waals surface area (Å²) < 4.78 is 13.9. The van der Waals surface area contributed by atoms with Gasteiger partial charge < -0.3 is 9.47 Å². The third kappa shape index (κ3) is 3.08. The highest BCUT2D eigenvalue weighted by Gasteiger charge is 2.10. The Kier molecular flexibility index (Phi) is 4.00. The zero-order valence-corrected chi connectivity index (χ0v) is 12.2. The van der Waals surface area contributed by atoms with Gasteiger partial charge in [-0.05, 0) is 28.1 Å². The second-order valence-electron chi connectivity index (χ2n) is 4.49. The summed E-state index contributed by atoms with van der Waals surface area (Å²) >= 11 is 3.53. The Balaban J connectivity index is 1.58. The Labute approximate surface area is 120 Å². The van der Waals surface area contributed by atoms with E-state index in [1.807, 2.05) is 22.8 Å². The summed E-state index contributed by atoms with van der Waals surface area (Å²) in [6.07, 6.45) is 3.68. The zero-order chi connectivity index (χ0) is 13.1. The highest BCUT2D eigenvalue weighted by molar-refractivity contribution is 9.10. The second-order valence-corrected chi connectivity index (χ2v) is 5.34. The molecule has 0 radical (unpaired) electrons. The van der Waals surface area contributed by atoms with Crippen LogP contribution in [0.3, 0.4) is 0 Å². The average molecular weight is 326 g/mol. The Morgan fingerprint density at radius 2 is 2.21 bits per heavy atom. The Morgan fingerprint density at radius 3 is 3.05 bits per heavy atom. The van der Waals surface area contributed by atoms with Crippen molar-refractivity contribution in [2.45, 2.75) is 0 Å². The SMILES string of the molecule is Brc1cc(OCCN2CCOCC2)cn2nccc12. The van der Waals surface area contributed by atoms with Gasteiger partial charge in [0.05, 0.1) is 31.1 Å². The molecular weight excluding hydrogens is 310 g/mol. The molecule has 3 rings (SSSR count). The molecule has 1 saturated heterocycles. The Morgan fingerprint density at radius 1 is 1.37 bits per heavy atom. The van der Waals surface area contributed by atoms with E-state index in [1.54, 1.807) is 6.20 Å². The van der Waals surface area contributed by atoms with Crippen LogP contribution in [0.15, 0.2) is 29.0 Å². The van der Waals surface area contributed by atoms with Gasteiger partial charge in [0.25, 0.3) is 0 Å². The molecule has 1 aliphatic heterocycles. The number of rotatable bonds is 4. The van der Waals surface area contributed by atoms with Gasteiger partial charge in [0, 0.05) is 24.1 Å². The quantitative estimate of drug-likeness (QED) is 0.859. The maximum Gasteiger partial charge on any atom is 0.138 e. The van der Waals surface area contributed by atoms with E-state index in [2.05, 4.69) is 25.9 Å². The molecule has 0 aliphatic carbocycles. The minimum atomic E-state index is 0.680. The van der Waals surface area contributed by atoms with Crippen molar-refractivity contribution in [3.63, 3.8) is 0 Å². The molecule has 1 aliphatic rings. The number of pyridine rings is 1. The second kappa shape index (κ2) is 5.90. The van der Waals surface area contributed by atoms with Crippen molar-refractivity contribution in [3.05, 3.63) is 29.0 Å². The fraction of sp³-hybridized carbons (Fsp3) is 0.462. The topological polar surface area (TPSA) is 39.0 Å². The highest BCUT2D eigenvalue weighted by Crippen LogP contribution is 2.23. The first-order valence-electron chi connectivity index (χ1n) is 6.39. The molecule has 1 fully saturated rings. The summed E-state index contributed by atoms with van der Waals surface area (Å²) in [6, 6.07) is 3.94. The van der Waals surface area contributed by atoms with E-state index in [0.29, 0.717) is 6.61 Å². The van der Waals surface area contributed by atoms with E-state index in [1.165, 1.54) is 0 Å². The summed E-state index contributed by atoms with van der Waals surface area (Å²) in [5, 5.41) is 4.22. The van der Waals surface area contributed by atoms with E-state index in [9.17, 15) is 0 Å². The number of nitrogens with zero attached hydrogens (tertiary/aromatic N) is 3. The van der Waals surface area contributed by atoms with Crippen molar-refractivity contribution in [2.24, 2.45) is 0 Å². The summed E-state index contributed by atoms with van der Waals surface area (Å²) in [4.78, 5) is 2.35. The smallest absolute Gasteiger partial charge is 0.138 e. The number of hydrogen-bond donors (Lipinski definition) is 0. The molecule has 0 unspecified atom stereocenters. The molecule has 0 atom stereocenters. The van der Waals surface area contributed by atoms with Crippen molar-refractivity contribution in [1.82, 2.24) is 14.5 Å². The lowest BCUT2D eigenvalue weighted by atomic mass is 10.4. The van der Waals surface area contributed by atoms with Crippen LogP contribution >= 0.6 is 15.9 Å². The number of hydrogen-bond acceptors (Lipinski definition) is 4. The third-order valence-corrected chi connectivity index (χ3v) is 3.85. The largest absolute Gasteiger partial charge is 0.491 e. The highest BCUT2D eigenvalue weighted by atomic mass is 79.9. The van der Waals surface area contributed by atoms with E-state index < -0.39 is 0 Å². The predicted octanol–water partition coefficient (Wildman–Crippen LogP) is 1.81. The molecule has 0 bridgehead atoms. The number of aromatic nitrogens is 2. The van der Waals surface area contributed by atoms with Crippen LogP contribution in [0.1, 0.15) is 0 Å². The van der Waals surface area contributed by atoms with Gasteiger partial charge in [0.2, 0.25) is 0 Å². The van der Waals surface area contributed by atoms with Crippen molar-refractivity contribution >= 4 is 21.4 Å². The van der Waals surface area contributed by atoms with Crippen molar-refractivity contribution in [3.8, 4) is 5.75 Å². The van der Waals surface area contributed by atoms with E-state index in [4.69, 9.17) is 9.47 Å². The number of morpholine rings is 1. The zero-order valence-electron chi connectivity index (χ0n) is 10.6. The van der Waals surface area contributed by atoms with Crippen LogP contribution in [0.4, 0.5) is 0 Å². The number of fused-ring (bicyclic) bond motifs is 1. The van der Waals surface area contributed by atoms with Gasteiger partial charge in [-0.25, -0.2) is 4.52 Å². The van der Waals surface area contributed by atoms with Gasteiger partial charge >= 0.3 is 0 Å². The molecule has 0 amide bonds. The minimum absolute atomic E-state index is 0.680. The van der Waals surface area contributed by atoms with Gasteiger partial charge in [-0.15, -0.1) is 0 Å². The number of ether oxygens (including phenoxy) is 2.